The zero-order chi connectivity index (χ0) is 29.8. The number of phenolic OH excluding ortho intramolecular Hbond substituents is 1. The highest BCUT2D eigenvalue weighted by Crippen LogP contribution is 2.32. The fourth-order valence-electron chi connectivity index (χ4n) is 5.29. The summed E-state index contributed by atoms with van der Waals surface area (Å²) in [5.74, 6) is -0.474. The Kier molecular flexibility index (Phi) is 8.60. The molecule has 1 saturated heterocycles. The molecule has 2 aliphatic rings. The quantitative estimate of drug-likeness (QED) is 0.256. The number of nitrogens with zero attached hydrogens (tertiary/aromatic N) is 1. The molecule has 2 aliphatic heterocycles. The Morgan fingerprint density at radius 1 is 1.02 bits per heavy atom. The molecule has 3 amide bonds. The van der Waals surface area contributed by atoms with Crippen LogP contribution < -0.4 is 25.8 Å². The molecule has 42 heavy (non-hydrogen) atoms. The second kappa shape index (κ2) is 12.5. The largest absolute Gasteiger partial charge is 0.508 e. The van der Waals surface area contributed by atoms with E-state index in [9.17, 15) is 24.6 Å². The molecular formula is C31H34N4O7. The average molecular weight is 575 g/mol. The topological polar surface area (TPSA) is 163 Å². The molecule has 11 heteroatoms. The van der Waals surface area contributed by atoms with E-state index in [-0.39, 0.29) is 44.0 Å². The number of aliphatic hydroxyl groups excluding tert-OH is 1. The number of amides is 3. The van der Waals surface area contributed by atoms with Gasteiger partial charge in [0.15, 0.2) is 17.6 Å². The van der Waals surface area contributed by atoms with Crippen LogP contribution in [0.5, 0.6) is 17.2 Å². The van der Waals surface area contributed by atoms with Crippen LogP contribution in [-0.2, 0) is 22.6 Å². The Balaban J connectivity index is 1.31. The van der Waals surface area contributed by atoms with E-state index >= 15 is 0 Å². The van der Waals surface area contributed by atoms with E-state index in [0.29, 0.717) is 17.1 Å². The monoisotopic (exact) mass is 574 g/mol. The van der Waals surface area contributed by atoms with Gasteiger partial charge in [-0.15, -0.1) is 0 Å². The number of ether oxygens (including phenoxy) is 2. The van der Waals surface area contributed by atoms with Crippen molar-refractivity contribution in [2.24, 2.45) is 5.73 Å². The number of hydrogen-bond acceptors (Lipinski definition) is 8. The van der Waals surface area contributed by atoms with Crippen molar-refractivity contribution in [3.8, 4) is 17.2 Å². The number of rotatable bonds is 9. The summed E-state index contributed by atoms with van der Waals surface area (Å²) in [5.41, 5.74) is 8.34. The van der Waals surface area contributed by atoms with Gasteiger partial charge < -0.3 is 41.0 Å². The molecule has 3 aromatic carbocycles. The fraction of sp³-hybridized carbons (Fsp3) is 0.323. The third-order valence-electron chi connectivity index (χ3n) is 7.62. The molecule has 5 rings (SSSR count). The highest BCUT2D eigenvalue weighted by molar-refractivity contribution is 5.97. The van der Waals surface area contributed by atoms with Crippen LogP contribution in [0.25, 0.3) is 0 Å². The third kappa shape index (κ3) is 6.32. The molecule has 0 bridgehead atoms. The van der Waals surface area contributed by atoms with Crippen LogP contribution in [0.2, 0.25) is 0 Å². The van der Waals surface area contributed by atoms with Gasteiger partial charge >= 0.3 is 0 Å². The van der Waals surface area contributed by atoms with E-state index < -0.39 is 42.0 Å². The lowest BCUT2D eigenvalue weighted by atomic mass is 9.98. The predicted octanol–water partition coefficient (Wildman–Crippen LogP) is 1.38. The van der Waals surface area contributed by atoms with Crippen LogP contribution in [0.1, 0.15) is 33.5 Å². The number of aliphatic hydroxyl groups is 1. The van der Waals surface area contributed by atoms with Gasteiger partial charge in [0.2, 0.25) is 12.7 Å². The second-order valence-corrected chi connectivity index (χ2v) is 10.6. The maximum atomic E-state index is 13.7. The van der Waals surface area contributed by atoms with E-state index in [1.165, 1.54) is 11.0 Å². The first-order valence-electron chi connectivity index (χ1n) is 13.7. The van der Waals surface area contributed by atoms with E-state index in [2.05, 4.69) is 10.6 Å². The number of nitrogens with two attached hydrogens (primary N) is 1. The Morgan fingerprint density at radius 2 is 1.79 bits per heavy atom. The van der Waals surface area contributed by atoms with Crippen LogP contribution in [0, 0.1) is 6.92 Å². The molecule has 220 valence electrons. The van der Waals surface area contributed by atoms with E-state index in [0.717, 1.165) is 11.1 Å². The summed E-state index contributed by atoms with van der Waals surface area (Å²) in [5, 5.41) is 27.0. The van der Waals surface area contributed by atoms with Crippen LogP contribution in [0.15, 0.2) is 66.7 Å². The summed E-state index contributed by atoms with van der Waals surface area (Å²) < 4.78 is 10.7. The summed E-state index contributed by atoms with van der Waals surface area (Å²) in [6.07, 6.45) is -1.29. The number of carbonyl (C=O) groups excluding carboxylic acids is 3. The molecule has 0 aromatic heterocycles. The molecule has 4 unspecified atom stereocenters. The maximum absolute atomic E-state index is 13.7. The van der Waals surface area contributed by atoms with Crippen molar-refractivity contribution < 1.29 is 34.1 Å². The Morgan fingerprint density at radius 3 is 2.57 bits per heavy atom. The molecule has 0 aliphatic carbocycles. The van der Waals surface area contributed by atoms with Crippen molar-refractivity contribution in [3.05, 3.63) is 89.0 Å². The second-order valence-electron chi connectivity index (χ2n) is 10.6. The number of likely N-dealkylation sites (tertiary alicyclic amines) is 1. The molecule has 0 radical (unpaired) electrons. The normalized spacial score (nSPS) is 18.8. The summed E-state index contributed by atoms with van der Waals surface area (Å²) >= 11 is 0. The van der Waals surface area contributed by atoms with Crippen molar-refractivity contribution >= 4 is 17.7 Å². The number of fused-ring (bicyclic) bond motifs is 1. The Hall–Kier alpha value is -4.61. The molecule has 11 nitrogen and oxygen atoms in total. The fourth-order valence-corrected chi connectivity index (χ4v) is 5.29. The van der Waals surface area contributed by atoms with Gasteiger partial charge in [-0.25, -0.2) is 0 Å². The first-order valence-corrected chi connectivity index (χ1v) is 13.7. The van der Waals surface area contributed by atoms with Crippen molar-refractivity contribution in [1.82, 2.24) is 15.5 Å². The van der Waals surface area contributed by atoms with Crippen molar-refractivity contribution in [1.29, 1.82) is 0 Å². The zero-order valence-electron chi connectivity index (χ0n) is 23.2. The Labute approximate surface area is 243 Å². The lowest BCUT2D eigenvalue weighted by Gasteiger charge is -2.30. The number of nitrogens with one attached hydrogen (secondary N) is 2. The van der Waals surface area contributed by atoms with E-state index in [4.69, 9.17) is 15.2 Å². The first kappa shape index (κ1) is 28.9. The van der Waals surface area contributed by atoms with Gasteiger partial charge in [0.05, 0.1) is 6.04 Å². The van der Waals surface area contributed by atoms with Gasteiger partial charge in [-0.2, -0.15) is 0 Å². The van der Waals surface area contributed by atoms with E-state index in [1.807, 2.05) is 36.4 Å². The minimum absolute atomic E-state index is 0.0421. The number of hydrogen-bond donors (Lipinski definition) is 5. The van der Waals surface area contributed by atoms with Crippen molar-refractivity contribution in [2.45, 2.75) is 50.5 Å². The van der Waals surface area contributed by atoms with Crippen molar-refractivity contribution in [2.75, 3.05) is 13.3 Å². The summed E-state index contributed by atoms with van der Waals surface area (Å²) in [7, 11) is 0. The summed E-state index contributed by atoms with van der Waals surface area (Å²) in [6.45, 7) is 2.03. The van der Waals surface area contributed by atoms with Crippen LogP contribution in [0.4, 0.5) is 0 Å². The molecule has 0 spiro atoms. The molecule has 6 N–H and O–H groups in total. The minimum Gasteiger partial charge on any atom is -0.508 e. The third-order valence-corrected chi connectivity index (χ3v) is 7.62. The predicted molar refractivity (Wildman–Crippen MR) is 153 cm³/mol. The lowest BCUT2D eigenvalue weighted by Crippen LogP contribution is -2.55. The molecule has 2 heterocycles. The molecule has 0 saturated carbocycles. The van der Waals surface area contributed by atoms with Gasteiger partial charge in [0, 0.05) is 30.3 Å². The number of aromatic hydroxyl groups is 1. The van der Waals surface area contributed by atoms with Crippen LogP contribution in [-0.4, -0.2) is 70.4 Å². The molecule has 3 aromatic rings. The molecule has 4 atom stereocenters. The Bertz CT molecular complexity index is 1460. The van der Waals surface area contributed by atoms with Gasteiger partial charge in [-0.05, 0) is 55.2 Å². The number of benzene rings is 3. The standard InChI is InChI=1S/C31H34N4O7/c1-18-22(8-5-9-25(18)36)29(38)34-23(12-19-6-3-2-4-7-19)28(37)31(40)35-16-21(32)14-24(35)30(39)33-15-20-10-11-26-27(13-20)42-17-41-26/h2-11,13,21,23-24,28,36-37H,12,14-17,32H2,1H3,(H,33,39)(H,34,38). The molecular weight excluding hydrogens is 540 g/mol. The number of phenols is 1. The highest BCUT2D eigenvalue weighted by Gasteiger charge is 2.42. The van der Waals surface area contributed by atoms with Gasteiger partial charge in [0.25, 0.3) is 11.8 Å². The van der Waals surface area contributed by atoms with Gasteiger partial charge in [-0.1, -0.05) is 42.5 Å². The van der Waals surface area contributed by atoms with Crippen LogP contribution in [0.3, 0.4) is 0 Å². The first-order chi connectivity index (χ1) is 20.2. The number of carbonyl (C=O) groups is 3. The highest BCUT2D eigenvalue weighted by atomic mass is 16.7. The van der Waals surface area contributed by atoms with Gasteiger partial charge in [-0.3, -0.25) is 14.4 Å². The van der Waals surface area contributed by atoms with E-state index in [1.54, 1.807) is 31.2 Å². The SMILES string of the molecule is Cc1c(O)cccc1C(=O)NC(Cc1ccccc1)C(O)C(=O)N1CC(N)CC1C(=O)NCc1ccc2c(c1)OCO2. The maximum Gasteiger partial charge on any atom is 0.254 e. The lowest BCUT2D eigenvalue weighted by molar-refractivity contribution is -0.146. The molecule has 1 fully saturated rings. The summed E-state index contributed by atoms with van der Waals surface area (Å²) in [4.78, 5) is 41.4. The smallest absolute Gasteiger partial charge is 0.254 e. The van der Waals surface area contributed by atoms with Crippen LogP contribution >= 0.6 is 0 Å². The zero-order valence-corrected chi connectivity index (χ0v) is 23.2. The average Bonchev–Trinajstić information content (AvgIpc) is 3.62. The van der Waals surface area contributed by atoms with Crippen molar-refractivity contribution in [3.63, 3.8) is 0 Å². The minimum atomic E-state index is -1.67. The van der Waals surface area contributed by atoms with Gasteiger partial charge in [0.1, 0.15) is 11.8 Å². The summed E-state index contributed by atoms with van der Waals surface area (Å²) in [6, 6.07) is 16.7.